The number of amides is 2. The first-order valence-corrected chi connectivity index (χ1v) is 8.99. The number of pyridine rings is 1. The molecule has 6 heteroatoms. The van der Waals surface area contributed by atoms with E-state index in [-0.39, 0.29) is 12.1 Å². The van der Waals surface area contributed by atoms with Gasteiger partial charge < -0.3 is 15.1 Å². The maximum absolute atomic E-state index is 12.6. The number of carbonyl (C=O) groups excluding carboxylic acids is 1. The number of anilines is 1. The summed E-state index contributed by atoms with van der Waals surface area (Å²) in [6.45, 7) is 2.74. The monoisotopic (exact) mass is 347 g/mol. The lowest BCUT2D eigenvalue weighted by Crippen LogP contribution is -2.52. The molecule has 1 atom stereocenters. The molecule has 6 nitrogen and oxygen atoms in total. The maximum atomic E-state index is 12.6. The van der Waals surface area contributed by atoms with E-state index in [1.807, 2.05) is 11.0 Å². The fraction of sp³-hybridized carbons (Fsp3) is 0.350. The minimum absolute atomic E-state index is 0.00471. The summed E-state index contributed by atoms with van der Waals surface area (Å²) in [5.41, 5.74) is 3.19. The third-order valence-electron chi connectivity index (χ3n) is 5.20. The third kappa shape index (κ3) is 3.21. The van der Waals surface area contributed by atoms with Crippen LogP contribution in [0.15, 0.2) is 42.6 Å². The Kier molecular flexibility index (Phi) is 4.44. The van der Waals surface area contributed by atoms with Gasteiger partial charge in [0.1, 0.15) is 5.82 Å². The van der Waals surface area contributed by atoms with Crippen molar-refractivity contribution < 1.29 is 4.79 Å². The standard InChI is InChI=1S/C20H21N5O/c21-14-15-7-8-22-19(13-15)24-9-11-25(12-10-24)20(26)23-18-6-5-16-3-1-2-4-17(16)18/h1-4,7-8,13,18H,5-6,9-12H2,(H,23,26)/t18-/m0/s1. The molecule has 0 bridgehead atoms. The third-order valence-corrected chi connectivity index (χ3v) is 5.20. The molecule has 0 radical (unpaired) electrons. The average Bonchev–Trinajstić information content (AvgIpc) is 3.11. The van der Waals surface area contributed by atoms with Gasteiger partial charge in [-0.15, -0.1) is 0 Å². The Bertz CT molecular complexity index is 851. The molecular formula is C20H21N5O. The van der Waals surface area contributed by atoms with Crippen molar-refractivity contribution in [2.45, 2.75) is 18.9 Å². The predicted molar refractivity (Wildman–Crippen MR) is 98.8 cm³/mol. The second-order valence-corrected chi connectivity index (χ2v) is 6.73. The Morgan fingerprint density at radius 1 is 1.19 bits per heavy atom. The summed E-state index contributed by atoms with van der Waals surface area (Å²) in [6, 6.07) is 14.1. The van der Waals surface area contributed by atoms with Crippen LogP contribution in [0.5, 0.6) is 0 Å². The van der Waals surface area contributed by atoms with Crippen LogP contribution in [-0.2, 0) is 6.42 Å². The number of benzene rings is 1. The van der Waals surface area contributed by atoms with Crippen LogP contribution >= 0.6 is 0 Å². The predicted octanol–water partition coefficient (Wildman–Crippen LogP) is 2.47. The van der Waals surface area contributed by atoms with Crippen LogP contribution < -0.4 is 10.2 Å². The Morgan fingerprint density at radius 3 is 2.81 bits per heavy atom. The van der Waals surface area contributed by atoms with Crippen molar-refractivity contribution >= 4 is 11.8 Å². The molecule has 1 fully saturated rings. The van der Waals surface area contributed by atoms with E-state index in [0.29, 0.717) is 18.7 Å². The van der Waals surface area contributed by atoms with Crippen molar-refractivity contribution in [1.29, 1.82) is 5.26 Å². The minimum atomic E-state index is 0.00471. The molecule has 0 saturated carbocycles. The van der Waals surface area contributed by atoms with Crippen molar-refractivity contribution in [3.63, 3.8) is 0 Å². The lowest BCUT2D eigenvalue weighted by atomic mass is 10.1. The van der Waals surface area contributed by atoms with E-state index in [0.717, 1.165) is 31.7 Å². The lowest BCUT2D eigenvalue weighted by Gasteiger charge is -2.36. The molecule has 0 unspecified atom stereocenters. The van der Waals surface area contributed by atoms with Crippen LogP contribution in [-0.4, -0.2) is 42.1 Å². The highest BCUT2D eigenvalue weighted by Gasteiger charge is 2.27. The fourth-order valence-electron chi connectivity index (χ4n) is 3.75. The molecule has 1 aromatic carbocycles. The number of urea groups is 1. The molecule has 1 saturated heterocycles. The van der Waals surface area contributed by atoms with Crippen molar-refractivity contribution in [2.75, 3.05) is 31.1 Å². The summed E-state index contributed by atoms with van der Waals surface area (Å²) in [5, 5.41) is 12.2. The number of hydrogen-bond acceptors (Lipinski definition) is 4. The van der Waals surface area contributed by atoms with Gasteiger partial charge >= 0.3 is 6.03 Å². The highest BCUT2D eigenvalue weighted by atomic mass is 16.2. The fourth-order valence-corrected chi connectivity index (χ4v) is 3.75. The van der Waals surface area contributed by atoms with Gasteiger partial charge in [0.2, 0.25) is 0 Å². The number of nitriles is 1. The Hall–Kier alpha value is -3.07. The summed E-state index contributed by atoms with van der Waals surface area (Å²) in [4.78, 5) is 21.0. The van der Waals surface area contributed by atoms with Gasteiger partial charge in [0.15, 0.2) is 0 Å². The van der Waals surface area contributed by atoms with Crippen LogP contribution in [0.25, 0.3) is 0 Å². The molecule has 4 rings (SSSR count). The van der Waals surface area contributed by atoms with Crippen molar-refractivity contribution in [3.8, 4) is 6.07 Å². The second-order valence-electron chi connectivity index (χ2n) is 6.73. The van der Waals surface area contributed by atoms with Gasteiger partial charge in [-0.2, -0.15) is 5.26 Å². The summed E-state index contributed by atoms with van der Waals surface area (Å²) >= 11 is 0. The first kappa shape index (κ1) is 16.4. The van der Waals surface area contributed by atoms with E-state index in [4.69, 9.17) is 5.26 Å². The minimum Gasteiger partial charge on any atom is -0.353 e. The van der Waals surface area contributed by atoms with Crippen LogP contribution in [0.1, 0.15) is 29.2 Å². The maximum Gasteiger partial charge on any atom is 0.318 e. The number of fused-ring (bicyclic) bond motifs is 1. The van der Waals surface area contributed by atoms with Crippen molar-refractivity contribution in [2.24, 2.45) is 0 Å². The number of carbonyl (C=O) groups is 1. The molecule has 1 N–H and O–H groups in total. The molecule has 1 aromatic heterocycles. The molecule has 26 heavy (non-hydrogen) atoms. The zero-order chi connectivity index (χ0) is 17.9. The zero-order valence-electron chi connectivity index (χ0n) is 14.6. The second kappa shape index (κ2) is 7.04. The van der Waals surface area contributed by atoms with Gasteiger partial charge in [0.05, 0.1) is 17.7 Å². The van der Waals surface area contributed by atoms with Crippen molar-refractivity contribution in [1.82, 2.24) is 15.2 Å². The number of hydrogen-bond donors (Lipinski definition) is 1. The van der Waals surface area contributed by atoms with Gasteiger partial charge in [0, 0.05) is 32.4 Å². The zero-order valence-corrected chi connectivity index (χ0v) is 14.6. The van der Waals surface area contributed by atoms with Crippen LogP contribution in [0, 0.1) is 11.3 Å². The molecule has 2 amide bonds. The molecule has 132 valence electrons. The van der Waals surface area contributed by atoms with Crippen LogP contribution in [0.3, 0.4) is 0 Å². The van der Waals surface area contributed by atoms with E-state index < -0.39 is 0 Å². The van der Waals surface area contributed by atoms with Gasteiger partial charge in [-0.05, 0) is 36.1 Å². The highest BCUT2D eigenvalue weighted by Crippen LogP contribution is 2.30. The smallest absolute Gasteiger partial charge is 0.318 e. The van der Waals surface area contributed by atoms with E-state index >= 15 is 0 Å². The first-order valence-electron chi connectivity index (χ1n) is 8.99. The SMILES string of the molecule is N#Cc1ccnc(N2CCN(C(=O)N[C@H]3CCc4ccccc43)CC2)c1. The van der Waals surface area contributed by atoms with Gasteiger partial charge in [0.25, 0.3) is 0 Å². The first-order chi connectivity index (χ1) is 12.7. The van der Waals surface area contributed by atoms with E-state index in [1.165, 1.54) is 11.1 Å². The van der Waals surface area contributed by atoms with Gasteiger partial charge in [-0.3, -0.25) is 0 Å². The number of aryl methyl sites for hydroxylation is 1. The summed E-state index contributed by atoms with van der Waals surface area (Å²) in [6.07, 6.45) is 3.65. The molecule has 1 aliphatic carbocycles. The lowest BCUT2D eigenvalue weighted by molar-refractivity contribution is 0.190. The molecule has 0 spiro atoms. The largest absolute Gasteiger partial charge is 0.353 e. The number of nitrogens with one attached hydrogen (secondary N) is 1. The topological polar surface area (TPSA) is 72.3 Å². The molecule has 2 aromatic rings. The number of nitrogens with zero attached hydrogens (tertiary/aromatic N) is 4. The molecule has 2 heterocycles. The van der Waals surface area contributed by atoms with Crippen molar-refractivity contribution in [3.05, 3.63) is 59.3 Å². The van der Waals surface area contributed by atoms with Crippen LogP contribution in [0.4, 0.5) is 10.6 Å². The highest BCUT2D eigenvalue weighted by molar-refractivity contribution is 5.75. The Balaban J connectivity index is 1.35. The summed E-state index contributed by atoms with van der Waals surface area (Å²) < 4.78 is 0. The van der Waals surface area contributed by atoms with Crippen LogP contribution in [0.2, 0.25) is 0 Å². The summed E-state index contributed by atoms with van der Waals surface area (Å²) in [5.74, 6) is 0.800. The van der Waals surface area contributed by atoms with E-state index in [2.05, 4.69) is 39.5 Å². The number of rotatable bonds is 2. The molecular weight excluding hydrogens is 326 g/mol. The Labute approximate surface area is 153 Å². The number of piperazine rings is 1. The average molecular weight is 347 g/mol. The number of aromatic nitrogens is 1. The van der Waals surface area contributed by atoms with Gasteiger partial charge in [-0.25, -0.2) is 9.78 Å². The van der Waals surface area contributed by atoms with Gasteiger partial charge in [-0.1, -0.05) is 24.3 Å². The van der Waals surface area contributed by atoms with E-state index in [1.54, 1.807) is 18.3 Å². The normalized spacial score (nSPS) is 19.0. The molecule has 2 aliphatic rings. The van der Waals surface area contributed by atoms with E-state index in [9.17, 15) is 4.79 Å². The molecule has 1 aliphatic heterocycles. The quantitative estimate of drug-likeness (QED) is 0.906. The summed E-state index contributed by atoms with van der Waals surface area (Å²) in [7, 11) is 0. The Morgan fingerprint density at radius 2 is 2.00 bits per heavy atom.